The molecule has 2 heteroatoms. The molecule has 1 aliphatic rings. The van der Waals surface area contributed by atoms with Crippen molar-refractivity contribution in [2.45, 2.75) is 117 Å². The van der Waals surface area contributed by atoms with Crippen molar-refractivity contribution < 1.29 is 0 Å². The average Bonchev–Trinajstić information content (AvgIpc) is 2.94. The van der Waals surface area contributed by atoms with Gasteiger partial charge in [-0.05, 0) is 33.1 Å². The average molecular weight is 323 g/mol. The maximum Gasteiger partial charge on any atom is 0.101 e. The third-order valence-electron chi connectivity index (χ3n) is 5.09. The van der Waals surface area contributed by atoms with E-state index >= 15 is 0 Å². The van der Waals surface area contributed by atoms with Crippen molar-refractivity contribution >= 4 is 0 Å². The van der Waals surface area contributed by atoms with Crippen molar-refractivity contribution in [3.8, 4) is 0 Å². The summed E-state index contributed by atoms with van der Waals surface area (Å²) in [5, 5.41) is 0. The monoisotopic (exact) mass is 322 g/mol. The molecule has 136 valence electrons. The molecule has 0 fully saturated rings. The van der Waals surface area contributed by atoms with Crippen LogP contribution < -0.4 is 0 Å². The Morgan fingerprint density at radius 2 is 1.30 bits per heavy atom. The topological polar surface area (TPSA) is 6.48 Å². The molecular weight excluding hydrogens is 280 g/mol. The first kappa shape index (κ1) is 20.4. The van der Waals surface area contributed by atoms with Gasteiger partial charge in [-0.1, -0.05) is 71.6 Å². The van der Waals surface area contributed by atoms with E-state index in [1.807, 2.05) is 0 Å². The van der Waals surface area contributed by atoms with Crippen molar-refractivity contribution in [3.63, 3.8) is 0 Å². The van der Waals surface area contributed by atoms with Crippen LogP contribution in [-0.2, 0) is 0 Å². The summed E-state index contributed by atoms with van der Waals surface area (Å²) in [4.78, 5) is 5.14. The second-order valence-corrected chi connectivity index (χ2v) is 7.53. The van der Waals surface area contributed by atoms with Gasteiger partial charge in [0.05, 0.1) is 0 Å². The summed E-state index contributed by atoms with van der Waals surface area (Å²) >= 11 is 0. The fourth-order valence-electron chi connectivity index (χ4n) is 3.58. The van der Waals surface area contributed by atoms with Gasteiger partial charge >= 0.3 is 0 Å². The predicted octanol–water partition coefficient (Wildman–Crippen LogP) is 6.53. The maximum absolute atomic E-state index is 2.59. The molecule has 0 saturated heterocycles. The highest BCUT2D eigenvalue weighted by atomic mass is 15.4. The van der Waals surface area contributed by atoms with Gasteiger partial charge in [-0.25, -0.2) is 0 Å². The van der Waals surface area contributed by atoms with E-state index < -0.39 is 0 Å². The zero-order valence-electron chi connectivity index (χ0n) is 16.4. The highest BCUT2D eigenvalue weighted by molar-refractivity contribution is 4.98. The smallest absolute Gasteiger partial charge is 0.101 e. The molecule has 1 unspecified atom stereocenters. The molecule has 1 heterocycles. The fourth-order valence-corrected chi connectivity index (χ4v) is 3.58. The summed E-state index contributed by atoms with van der Waals surface area (Å²) in [6.45, 7) is 10.5. The van der Waals surface area contributed by atoms with E-state index in [0.29, 0.717) is 12.2 Å². The third kappa shape index (κ3) is 8.13. The molecule has 0 aromatic rings. The van der Waals surface area contributed by atoms with E-state index in [0.717, 1.165) is 0 Å². The number of nitrogens with zero attached hydrogens (tertiary/aromatic N) is 2. The lowest BCUT2D eigenvalue weighted by Gasteiger charge is -2.35. The van der Waals surface area contributed by atoms with Gasteiger partial charge in [0.25, 0.3) is 0 Å². The van der Waals surface area contributed by atoms with Crippen LogP contribution in [0.1, 0.15) is 105 Å². The van der Waals surface area contributed by atoms with Crippen LogP contribution in [0.15, 0.2) is 12.4 Å². The lowest BCUT2D eigenvalue weighted by Crippen LogP contribution is -2.42. The van der Waals surface area contributed by atoms with Crippen molar-refractivity contribution in [1.82, 2.24) is 9.80 Å². The summed E-state index contributed by atoms with van der Waals surface area (Å²) in [5.74, 6) is 0. The number of hydrogen-bond acceptors (Lipinski definition) is 2. The minimum Gasteiger partial charge on any atom is -0.356 e. The molecule has 0 N–H and O–H groups in total. The highest BCUT2D eigenvalue weighted by Crippen LogP contribution is 2.24. The quantitative estimate of drug-likeness (QED) is 0.335. The van der Waals surface area contributed by atoms with Gasteiger partial charge < -0.3 is 9.80 Å². The Morgan fingerprint density at radius 1 is 0.739 bits per heavy atom. The fraction of sp³-hybridized carbons (Fsp3) is 0.905. The minimum atomic E-state index is 0.612. The number of hydrogen-bond donors (Lipinski definition) is 0. The Labute approximate surface area is 146 Å². The van der Waals surface area contributed by atoms with Crippen LogP contribution in [0, 0.1) is 0 Å². The van der Waals surface area contributed by atoms with Gasteiger partial charge in [-0.2, -0.15) is 0 Å². The maximum atomic E-state index is 2.59. The van der Waals surface area contributed by atoms with E-state index in [9.17, 15) is 0 Å². The summed E-state index contributed by atoms with van der Waals surface area (Å²) in [6.07, 6.45) is 22.0. The van der Waals surface area contributed by atoms with Gasteiger partial charge in [-0.3, -0.25) is 0 Å². The molecule has 0 spiro atoms. The van der Waals surface area contributed by atoms with Gasteiger partial charge in [0.15, 0.2) is 0 Å². The molecule has 0 saturated carbocycles. The van der Waals surface area contributed by atoms with Crippen molar-refractivity contribution in [3.05, 3.63) is 12.4 Å². The molecule has 0 aromatic carbocycles. The van der Waals surface area contributed by atoms with Crippen LogP contribution in [0.25, 0.3) is 0 Å². The second kappa shape index (κ2) is 12.7. The van der Waals surface area contributed by atoms with Crippen LogP contribution in [-0.4, -0.2) is 28.6 Å². The van der Waals surface area contributed by atoms with Crippen molar-refractivity contribution in [2.75, 3.05) is 6.54 Å². The molecule has 2 nitrogen and oxygen atoms in total. The van der Waals surface area contributed by atoms with Crippen molar-refractivity contribution in [1.29, 1.82) is 0 Å². The summed E-state index contributed by atoms with van der Waals surface area (Å²) in [5.41, 5.74) is 0. The lowest BCUT2D eigenvalue weighted by molar-refractivity contribution is 0.114. The molecule has 0 radical (unpaired) electrons. The lowest BCUT2D eigenvalue weighted by atomic mass is 10.1. The molecule has 0 amide bonds. The van der Waals surface area contributed by atoms with Crippen molar-refractivity contribution in [2.24, 2.45) is 0 Å². The normalized spacial score (nSPS) is 17.7. The molecule has 1 aliphatic heterocycles. The van der Waals surface area contributed by atoms with Crippen LogP contribution in [0.3, 0.4) is 0 Å². The first-order valence-corrected chi connectivity index (χ1v) is 10.4. The van der Waals surface area contributed by atoms with E-state index in [4.69, 9.17) is 0 Å². The largest absolute Gasteiger partial charge is 0.356 e. The highest BCUT2D eigenvalue weighted by Gasteiger charge is 2.26. The SMILES string of the molecule is CCCCCCCCCCCN1C=CN(C(C)C)C1CCCC. The Morgan fingerprint density at radius 3 is 1.87 bits per heavy atom. The first-order chi connectivity index (χ1) is 11.2. The van der Waals surface area contributed by atoms with E-state index in [1.165, 1.54) is 83.6 Å². The van der Waals surface area contributed by atoms with Gasteiger partial charge in [0.1, 0.15) is 6.17 Å². The van der Waals surface area contributed by atoms with Gasteiger partial charge in [0.2, 0.25) is 0 Å². The summed E-state index contributed by atoms with van der Waals surface area (Å²) in [6, 6.07) is 0.612. The molecule has 0 bridgehead atoms. The summed E-state index contributed by atoms with van der Waals surface area (Å²) in [7, 11) is 0. The molecule has 1 atom stereocenters. The van der Waals surface area contributed by atoms with Gasteiger partial charge in [0, 0.05) is 25.0 Å². The van der Waals surface area contributed by atoms with E-state index in [2.05, 4.69) is 49.9 Å². The zero-order chi connectivity index (χ0) is 16.9. The van der Waals surface area contributed by atoms with Crippen LogP contribution in [0.4, 0.5) is 0 Å². The van der Waals surface area contributed by atoms with Crippen LogP contribution in [0.5, 0.6) is 0 Å². The number of rotatable bonds is 14. The predicted molar refractivity (Wildman–Crippen MR) is 103 cm³/mol. The van der Waals surface area contributed by atoms with Gasteiger partial charge in [-0.15, -0.1) is 0 Å². The van der Waals surface area contributed by atoms with Crippen LogP contribution in [0.2, 0.25) is 0 Å². The second-order valence-electron chi connectivity index (χ2n) is 7.53. The Balaban J connectivity index is 2.14. The molecule has 0 aliphatic carbocycles. The molecule has 23 heavy (non-hydrogen) atoms. The standard InChI is InChI=1S/C21H42N2/c1-5-7-9-10-11-12-13-14-15-17-22-18-19-23(20(3)4)21(22)16-8-6-2/h18-21H,5-17H2,1-4H3. The Kier molecular flexibility index (Phi) is 11.3. The summed E-state index contributed by atoms with van der Waals surface area (Å²) < 4.78 is 0. The minimum absolute atomic E-state index is 0.612. The number of unbranched alkanes of at least 4 members (excludes halogenated alkanes) is 9. The van der Waals surface area contributed by atoms with E-state index in [1.54, 1.807) is 0 Å². The third-order valence-corrected chi connectivity index (χ3v) is 5.09. The molecule has 1 rings (SSSR count). The molecule has 0 aromatic heterocycles. The van der Waals surface area contributed by atoms with Crippen LogP contribution >= 0.6 is 0 Å². The Bertz CT molecular complexity index is 298. The Hall–Kier alpha value is -0.660. The zero-order valence-corrected chi connectivity index (χ0v) is 16.4. The molecular formula is C21H42N2. The first-order valence-electron chi connectivity index (χ1n) is 10.4. The van der Waals surface area contributed by atoms with E-state index in [-0.39, 0.29) is 0 Å².